The van der Waals surface area contributed by atoms with Crippen LogP contribution >= 0.6 is 0 Å². The first kappa shape index (κ1) is 24.4. The summed E-state index contributed by atoms with van der Waals surface area (Å²) in [6.07, 6.45) is 0.547. The van der Waals surface area contributed by atoms with E-state index in [9.17, 15) is 18.8 Å². The summed E-state index contributed by atoms with van der Waals surface area (Å²) in [5.74, 6) is -1.05. The molecule has 0 fully saturated rings. The molecule has 182 valence electrons. The van der Waals surface area contributed by atoms with Gasteiger partial charge in [-0.2, -0.15) is 0 Å². The summed E-state index contributed by atoms with van der Waals surface area (Å²) in [6, 6.07) is 16.9. The van der Waals surface area contributed by atoms with Crippen LogP contribution in [0.4, 0.5) is 10.1 Å². The molecular formula is C28H30FN3O3. The Morgan fingerprint density at radius 1 is 1.00 bits per heavy atom. The Morgan fingerprint density at radius 2 is 1.71 bits per heavy atom. The Morgan fingerprint density at radius 3 is 2.43 bits per heavy atom. The fraction of sp³-hybridized carbons (Fsp3) is 0.321. The molecule has 1 heterocycles. The standard InChI is InChI=1S/C28H30FN3O3/c1-18(2)30-27(34)19(3)32(17-21-9-4-5-13-23(21)29)25(33)15-8-16-31-24-14-7-11-20-10-6-12-22(26(20)24)28(31)35/h4-7,9-14,18-19H,8,15-17H2,1-3H3,(H,30,34)/t19-/m1/s1. The number of anilines is 1. The van der Waals surface area contributed by atoms with Crippen LogP contribution in [0.5, 0.6) is 0 Å². The quantitative estimate of drug-likeness (QED) is 0.489. The lowest BCUT2D eigenvalue weighted by Gasteiger charge is -2.30. The number of carbonyl (C=O) groups is 3. The number of hydrogen-bond donors (Lipinski definition) is 1. The summed E-state index contributed by atoms with van der Waals surface area (Å²) in [4.78, 5) is 42.1. The largest absolute Gasteiger partial charge is 0.352 e. The maximum absolute atomic E-state index is 14.3. The van der Waals surface area contributed by atoms with Gasteiger partial charge >= 0.3 is 0 Å². The fourth-order valence-corrected chi connectivity index (χ4v) is 4.53. The van der Waals surface area contributed by atoms with E-state index in [2.05, 4.69) is 5.32 Å². The van der Waals surface area contributed by atoms with Crippen LogP contribution in [0, 0.1) is 5.82 Å². The molecule has 3 amide bonds. The summed E-state index contributed by atoms with van der Waals surface area (Å²) in [5, 5.41) is 4.77. The van der Waals surface area contributed by atoms with Crippen molar-refractivity contribution in [2.75, 3.05) is 11.4 Å². The van der Waals surface area contributed by atoms with E-state index in [1.54, 1.807) is 30.0 Å². The predicted molar refractivity (Wildman–Crippen MR) is 135 cm³/mol. The topological polar surface area (TPSA) is 69.7 Å². The van der Waals surface area contributed by atoms with Gasteiger partial charge in [0.15, 0.2) is 0 Å². The molecule has 0 aromatic heterocycles. The van der Waals surface area contributed by atoms with Crippen LogP contribution in [0.25, 0.3) is 10.8 Å². The summed E-state index contributed by atoms with van der Waals surface area (Å²) < 4.78 is 14.3. The summed E-state index contributed by atoms with van der Waals surface area (Å²) in [5.41, 5.74) is 1.87. The minimum Gasteiger partial charge on any atom is -0.352 e. The normalized spacial score (nSPS) is 13.4. The van der Waals surface area contributed by atoms with Crippen molar-refractivity contribution in [3.8, 4) is 0 Å². The predicted octanol–water partition coefficient (Wildman–Crippen LogP) is 4.66. The lowest BCUT2D eigenvalue weighted by molar-refractivity contribution is -0.140. The molecule has 3 aromatic carbocycles. The van der Waals surface area contributed by atoms with Crippen LogP contribution in [0.2, 0.25) is 0 Å². The molecule has 35 heavy (non-hydrogen) atoms. The zero-order chi connectivity index (χ0) is 25.1. The smallest absolute Gasteiger partial charge is 0.258 e. The molecule has 0 unspecified atom stereocenters. The van der Waals surface area contributed by atoms with Crippen molar-refractivity contribution in [2.24, 2.45) is 0 Å². The molecule has 0 aliphatic carbocycles. The first-order chi connectivity index (χ1) is 16.8. The highest BCUT2D eigenvalue weighted by Gasteiger charge is 2.30. The van der Waals surface area contributed by atoms with Gasteiger partial charge in [-0.3, -0.25) is 14.4 Å². The average molecular weight is 476 g/mol. The summed E-state index contributed by atoms with van der Waals surface area (Å²) in [6.45, 7) is 5.71. The number of nitrogens with zero attached hydrogens (tertiary/aromatic N) is 2. The zero-order valence-electron chi connectivity index (χ0n) is 20.3. The van der Waals surface area contributed by atoms with Gasteiger partial charge in [-0.1, -0.05) is 42.5 Å². The Bertz CT molecular complexity index is 1270. The Hall–Kier alpha value is -3.74. The fourth-order valence-electron chi connectivity index (χ4n) is 4.53. The highest BCUT2D eigenvalue weighted by molar-refractivity contribution is 6.25. The van der Waals surface area contributed by atoms with E-state index < -0.39 is 11.9 Å². The highest BCUT2D eigenvalue weighted by Crippen LogP contribution is 2.37. The maximum Gasteiger partial charge on any atom is 0.258 e. The first-order valence-corrected chi connectivity index (χ1v) is 11.9. The van der Waals surface area contributed by atoms with Crippen molar-refractivity contribution in [3.63, 3.8) is 0 Å². The van der Waals surface area contributed by atoms with Gasteiger partial charge in [-0.05, 0) is 50.8 Å². The van der Waals surface area contributed by atoms with E-state index in [1.165, 1.54) is 11.0 Å². The SMILES string of the molecule is CC(C)NC(=O)[C@@H](C)N(Cc1ccccc1F)C(=O)CCCN1C(=O)c2cccc3cccc1c23. The Balaban J connectivity index is 1.47. The van der Waals surface area contributed by atoms with E-state index in [0.717, 1.165) is 16.5 Å². The molecule has 4 rings (SSSR count). The van der Waals surface area contributed by atoms with Crippen LogP contribution in [0.1, 0.15) is 49.5 Å². The van der Waals surface area contributed by atoms with Gasteiger partial charge in [0.05, 0.1) is 5.69 Å². The molecule has 1 aliphatic heterocycles. The van der Waals surface area contributed by atoms with Gasteiger partial charge in [0, 0.05) is 42.1 Å². The minimum absolute atomic E-state index is 0.00835. The van der Waals surface area contributed by atoms with Crippen LogP contribution in [-0.4, -0.2) is 41.2 Å². The number of benzene rings is 3. The minimum atomic E-state index is -0.768. The molecule has 7 heteroatoms. The van der Waals surface area contributed by atoms with Gasteiger partial charge in [0.1, 0.15) is 11.9 Å². The van der Waals surface area contributed by atoms with Crippen molar-refractivity contribution >= 4 is 34.2 Å². The number of halogens is 1. The van der Waals surface area contributed by atoms with Crippen LogP contribution < -0.4 is 10.2 Å². The molecule has 3 aromatic rings. The second-order valence-electron chi connectivity index (χ2n) is 9.19. The van der Waals surface area contributed by atoms with Gasteiger partial charge in [0.25, 0.3) is 5.91 Å². The zero-order valence-corrected chi connectivity index (χ0v) is 20.3. The van der Waals surface area contributed by atoms with Gasteiger partial charge < -0.3 is 15.1 Å². The summed E-state index contributed by atoms with van der Waals surface area (Å²) >= 11 is 0. The molecule has 0 bridgehead atoms. The average Bonchev–Trinajstić information content (AvgIpc) is 3.10. The molecule has 0 saturated carbocycles. The summed E-state index contributed by atoms with van der Waals surface area (Å²) in [7, 11) is 0. The van der Waals surface area contributed by atoms with E-state index in [4.69, 9.17) is 0 Å². The van der Waals surface area contributed by atoms with Crippen LogP contribution in [-0.2, 0) is 16.1 Å². The molecule has 1 aliphatic rings. The van der Waals surface area contributed by atoms with Crippen LogP contribution in [0.3, 0.4) is 0 Å². The third-order valence-corrected chi connectivity index (χ3v) is 6.32. The van der Waals surface area contributed by atoms with Gasteiger partial charge in [-0.15, -0.1) is 0 Å². The Kier molecular flexibility index (Phi) is 7.15. The third-order valence-electron chi connectivity index (χ3n) is 6.32. The molecule has 0 spiro atoms. The van der Waals surface area contributed by atoms with Crippen molar-refractivity contribution in [3.05, 3.63) is 77.6 Å². The second kappa shape index (κ2) is 10.3. The Labute approximate surface area is 204 Å². The van der Waals surface area contributed by atoms with E-state index in [-0.39, 0.29) is 36.7 Å². The first-order valence-electron chi connectivity index (χ1n) is 11.9. The van der Waals surface area contributed by atoms with Crippen molar-refractivity contribution in [1.82, 2.24) is 10.2 Å². The molecule has 1 atom stereocenters. The second-order valence-corrected chi connectivity index (χ2v) is 9.19. The lowest BCUT2D eigenvalue weighted by Crippen LogP contribution is -2.49. The molecule has 0 radical (unpaired) electrons. The molecular weight excluding hydrogens is 445 g/mol. The van der Waals surface area contributed by atoms with Gasteiger partial charge in [-0.25, -0.2) is 4.39 Å². The number of nitrogens with one attached hydrogen (secondary N) is 1. The van der Waals surface area contributed by atoms with Crippen molar-refractivity contribution in [1.29, 1.82) is 0 Å². The molecule has 1 N–H and O–H groups in total. The molecule has 0 saturated heterocycles. The monoisotopic (exact) mass is 475 g/mol. The number of hydrogen-bond acceptors (Lipinski definition) is 3. The van der Waals surface area contributed by atoms with Crippen LogP contribution in [0.15, 0.2) is 60.7 Å². The van der Waals surface area contributed by atoms with E-state index >= 15 is 0 Å². The van der Waals surface area contributed by atoms with E-state index in [1.807, 2.05) is 50.2 Å². The highest BCUT2D eigenvalue weighted by atomic mass is 19.1. The van der Waals surface area contributed by atoms with Crippen molar-refractivity contribution < 1.29 is 18.8 Å². The molecule has 6 nitrogen and oxygen atoms in total. The third kappa shape index (κ3) is 5.04. The number of rotatable bonds is 9. The number of carbonyl (C=O) groups excluding carboxylic acids is 3. The number of amides is 3. The van der Waals surface area contributed by atoms with Crippen molar-refractivity contribution in [2.45, 2.75) is 52.2 Å². The van der Waals surface area contributed by atoms with E-state index in [0.29, 0.717) is 24.1 Å². The lowest BCUT2D eigenvalue weighted by atomic mass is 10.1. The maximum atomic E-state index is 14.3. The van der Waals surface area contributed by atoms with Gasteiger partial charge in [0.2, 0.25) is 11.8 Å².